The average Bonchev–Trinajstić information content (AvgIpc) is 2.47. The Kier molecular flexibility index (Phi) is 43.5. The fraction of sp³-hybridized carbons (Fsp3) is 0.714. The summed E-state index contributed by atoms with van der Waals surface area (Å²) in [6.45, 7) is -0.790. The standard InChI is InChI=1S/C14H24N2O10.4K.4H/c17-11(18)7-15(8-12(19)20)1-3-25-5-6-26-4-2-16(9-13(21)22)10-14(23)24;;;;;;;;/h1-10H2,(H,17,18)(H,19,20)(H,21,22)(H,23,24);;;;;;;;/q;4*+1;4*-1. The Bertz CT molecular complexity index is 431. The van der Waals surface area contributed by atoms with E-state index in [1.54, 1.807) is 0 Å². The van der Waals surface area contributed by atoms with E-state index in [1.807, 2.05) is 0 Å². The molecule has 0 heterocycles. The normalized spacial score (nSPS) is 9.53. The number of carboxylic acid groups (broad SMARTS) is 4. The molecule has 4 N–H and O–H groups in total. The molecule has 30 heavy (non-hydrogen) atoms. The minimum absolute atomic E-state index is 0. The average molecular weight is 541 g/mol. The molecule has 12 nitrogen and oxygen atoms in total. The van der Waals surface area contributed by atoms with Gasteiger partial charge in [0.2, 0.25) is 0 Å². The van der Waals surface area contributed by atoms with Gasteiger partial charge in [0.1, 0.15) is 0 Å². The summed E-state index contributed by atoms with van der Waals surface area (Å²) in [6, 6.07) is 0. The van der Waals surface area contributed by atoms with E-state index in [0.29, 0.717) is 0 Å². The van der Waals surface area contributed by atoms with Gasteiger partial charge in [0.05, 0.1) is 52.6 Å². The second-order valence-corrected chi connectivity index (χ2v) is 5.22. The predicted octanol–water partition coefficient (Wildman–Crippen LogP) is -13.6. The minimum atomic E-state index is -1.14. The summed E-state index contributed by atoms with van der Waals surface area (Å²) < 4.78 is 10.4. The molecule has 0 aliphatic carbocycles. The Hall–Kier alpha value is 4.27. The predicted molar refractivity (Wildman–Crippen MR) is 89.5 cm³/mol. The van der Waals surface area contributed by atoms with E-state index >= 15 is 0 Å². The van der Waals surface area contributed by atoms with Gasteiger partial charge >= 0.3 is 229 Å². The molecule has 0 radical (unpaired) electrons. The van der Waals surface area contributed by atoms with Gasteiger partial charge in [-0.05, 0) is 0 Å². The maximum Gasteiger partial charge on any atom is 1.00 e. The van der Waals surface area contributed by atoms with Crippen molar-refractivity contribution in [2.24, 2.45) is 0 Å². The first kappa shape index (κ1) is 44.3. The molecule has 0 amide bonds. The molecule has 0 rings (SSSR count). The topological polar surface area (TPSA) is 174 Å². The van der Waals surface area contributed by atoms with Crippen molar-refractivity contribution in [3.63, 3.8) is 0 Å². The van der Waals surface area contributed by atoms with Crippen molar-refractivity contribution in [1.82, 2.24) is 9.80 Å². The quantitative estimate of drug-likeness (QED) is 0.101. The zero-order valence-electron chi connectivity index (χ0n) is 22.2. The summed E-state index contributed by atoms with van der Waals surface area (Å²) in [7, 11) is 0. The van der Waals surface area contributed by atoms with Crippen LogP contribution in [-0.2, 0) is 28.7 Å². The Morgan fingerprint density at radius 3 is 0.967 bits per heavy atom. The molecule has 0 saturated carbocycles. The zero-order valence-corrected chi connectivity index (χ0v) is 30.7. The maximum atomic E-state index is 10.6. The van der Waals surface area contributed by atoms with Crippen LogP contribution in [0.2, 0.25) is 0 Å². The van der Waals surface area contributed by atoms with Crippen molar-refractivity contribution >= 4 is 23.9 Å². The molecule has 0 aromatic heterocycles. The van der Waals surface area contributed by atoms with E-state index in [-0.39, 0.29) is 251 Å². The van der Waals surface area contributed by atoms with Crippen LogP contribution in [0, 0.1) is 0 Å². The number of rotatable bonds is 17. The summed E-state index contributed by atoms with van der Waals surface area (Å²) in [5.74, 6) is -4.55. The Morgan fingerprint density at radius 2 is 0.767 bits per heavy atom. The molecule has 0 aromatic rings. The first-order valence-electron chi connectivity index (χ1n) is 7.68. The fourth-order valence-corrected chi connectivity index (χ4v) is 1.90. The molecular formula is C14H28K4N2O10. The van der Waals surface area contributed by atoms with Gasteiger partial charge < -0.3 is 35.6 Å². The smallest absolute Gasteiger partial charge is 1.00 e. The van der Waals surface area contributed by atoms with Gasteiger partial charge in [-0.25, -0.2) is 0 Å². The van der Waals surface area contributed by atoms with E-state index in [9.17, 15) is 19.2 Å². The van der Waals surface area contributed by atoms with Crippen molar-refractivity contribution in [2.75, 3.05) is 65.7 Å². The molecule has 0 bridgehead atoms. The van der Waals surface area contributed by atoms with Crippen molar-refractivity contribution in [1.29, 1.82) is 0 Å². The van der Waals surface area contributed by atoms with Crippen LogP contribution in [0.4, 0.5) is 0 Å². The molecule has 158 valence electrons. The Balaban J connectivity index is -0.000000112. The molecule has 0 fully saturated rings. The van der Waals surface area contributed by atoms with Crippen LogP contribution in [-0.4, -0.2) is 120 Å². The molecule has 0 aliphatic heterocycles. The Morgan fingerprint density at radius 1 is 0.533 bits per heavy atom. The van der Waals surface area contributed by atoms with Crippen molar-refractivity contribution < 1.29 is 260 Å². The summed E-state index contributed by atoms with van der Waals surface area (Å²) in [5.41, 5.74) is 0. The van der Waals surface area contributed by atoms with Gasteiger partial charge in [-0.1, -0.05) is 0 Å². The van der Waals surface area contributed by atoms with Crippen LogP contribution in [0.3, 0.4) is 0 Å². The largest absolute Gasteiger partial charge is 1.00 e. The minimum Gasteiger partial charge on any atom is -1.00 e. The second kappa shape index (κ2) is 29.5. The molecular weight excluding hydrogens is 513 g/mol. The molecule has 0 saturated heterocycles. The van der Waals surface area contributed by atoms with Crippen LogP contribution in [0.1, 0.15) is 5.71 Å². The molecule has 0 unspecified atom stereocenters. The number of ether oxygens (including phenoxy) is 2. The Labute approximate surface area is 351 Å². The van der Waals surface area contributed by atoms with E-state index < -0.39 is 50.1 Å². The molecule has 0 aromatic carbocycles. The van der Waals surface area contributed by atoms with Crippen LogP contribution in [0.5, 0.6) is 0 Å². The molecule has 0 atom stereocenters. The van der Waals surface area contributed by atoms with Gasteiger partial charge in [0.15, 0.2) is 0 Å². The van der Waals surface area contributed by atoms with Crippen LogP contribution in [0.25, 0.3) is 0 Å². The summed E-state index contributed by atoms with van der Waals surface area (Å²) in [6.07, 6.45) is 0. The third-order valence-corrected chi connectivity index (χ3v) is 2.91. The van der Waals surface area contributed by atoms with Gasteiger partial charge in [0, 0.05) is 13.1 Å². The zero-order chi connectivity index (χ0) is 19.9. The van der Waals surface area contributed by atoms with Crippen LogP contribution >= 0.6 is 0 Å². The monoisotopic (exact) mass is 540 g/mol. The van der Waals surface area contributed by atoms with Crippen molar-refractivity contribution in [2.45, 2.75) is 0 Å². The van der Waals surface area contributed by atoms with Crippen LogP contribution < -0.4 is 206 Å². The third kappa shape index (κ3) is 32.3. The SMILES string of the molecule is O=C(O)CN(CCOCCOCCN(CC(=O)O)CC(=O)O)CC(=O)O.[H-].[H-].[H-].[H-].[K+].[K+].[K+].[K+]. The molecule has 0 aliphatic rings. The number of aliphatic carboxylic acids is 4. The van der Waals surface area contributed by atoms with E-state index in [0.717, 1.165) is 0 Å². The van der Waals surface area contributed by atoms with E-state index in [2.05, 4.69) is 0 Å². The second-order valence-electron chi connectivity index (χ2n) is 5.22. The first-order chi connectivity index (χ1) is 12.2. The summed E-state index contributed by atoms with van der Waals surface area (Å²) in [5, 5.41) is 34.7. The summed E-state index contributed by atoms with van der Waals surface area (Å²) >= 11 is 0. The van der Waals surface area contributed by atoms with Crippen LogP contribution in [0.15, 0.2) is 0 Å². The summed E-state index contributed by atoms with van der Waals surface area (Å²) in [4.78, 5) is 44.9. The van der Waals surface area contributed by atoms with Crippen molar-refractivity contribution in [3.05, 3.63) is 0 Å². The van der Waals surface area contributed by atoms with E-state index in [1.165, 1.54) is 9.80 Å². The number of carboxylic acids is 4. The van der Waals surface area contributed by atoms with Gasteiger partial charge in [-0.3, -0.25) is 29.0 Å². The number of hydrogen-bond donors (Lipinski definition) is 4. The number of nitrogens with zero attached hydrogens (tertiary/aromatic N) is 2. The van der Waals surface area contributed by atoms with Gasteiger partial charge in [-0.2, -0.15) is 0 Å². The molecule has 0 spiro atoms. The van der Waals surface area contributed by atoms with Gasteiger partial charge in [-0.15, -0.1) is 0 Å². The number of carbonyl (C=O) groups is 4. The van der Waals surface area contributed by atoms with Gasteiger partial charge in [0.25, 0.3) is 0 Å². The third-order valence-electron chi connectivity index (χ3n) is 2.91. The number of hydrogen-bond acceptors (Lipinski definition) is 8. The maximum absolute atomic E-state index is 10.6. The fourth-order valence-electron chi connectivity index (χ4n) is 1.90. The van der Waals surface area contributed by atoms with Crippen molar-refractivity contribution in [3.8, 4) is 0 Å². The first-order valence-corrected chi connectivity index (χ1v) is 7.68. The van der Waals surface area contributed by atoms with E-state index in [4.69, 9.17) is 29.9 Å². The molecule has 16 heteroatoms.